The first kappa shape index (κ1) is 18.4. The summed E-state index contributed by atoms with van der Waals surface area (Å²) in [5, 5.41) is 6.22. The summed E-state index contributed by atoms with van der Waals surface area (Å²) in [6.07, 6.45) is 1.75. The molecule has 0 atom stereocenters. The molecule has 0 bridgehead atoms. The van der Waals surface area contributed by atoms with E-state index in [0.717, 1.165) is 31.5 Å². The standard InChI is InChI=1S/C19H23N3O3S/c1-14-4-2-6-17(12-14)22-26(24,25)18-7-3-5-15(13-18)19(23)21-16-8-10-20-11-9-16/h2-7,12-13,16,20,22H,8-11H2,1H3,(H,21,23). The minimum atomic E-state index is -3.76. The van der Waals surface area contributed by atoms with Crippen molar-refractivity contribution in [1.29, 1.82) is 0 Å². The molecule has 138 valence electrons. The molecule has 1 aliphatic heterocycles. The fraction of sp³-hybridized carbons (Fsp3) is 0.316. The van der Waals surface area contributed by atoms with Crippen molar-refractivity contribution in [3.05, 3.63) is 59.7 Å². The number of benzene rings is 2. The maximum atomic E-state index is 12.6. The molecular formula is C19H23N3O3S. The van der Waals surface area contributed by atoms with Crippen LogP contribution in [0.3, 0.4) is 0 Å². The molecule has 1 fully saturated rings. The summed E-state index contributed by atoms with van der Waals surface area (Å²) in [6, 6.07) is 13.4. The van der Waals surface area contributed by atoms with E-state index in [0.29, 0.717) is 11.3 Å². The number of amides is 1. The van der Waals surface area contributed by atoms with E-state index in [1.807, 2.05) is 13.0 Å². The number of hydrogen-bond donors (Lipinski definition) is 3. The lowest BCUT2D eigenvalue weighted by Crippen LogP contribution is -2.42. The summed E-state index contributed by atoms with van der Waals surface area (Å²) in [4.78, 5) is 12.5. The van der Waals surface area contributed by atoms with Crippen molar-refractivity contribution in [1.82, 2.24) is 10.6 Å². The quantitative estimate of drug-likeness (QED) is 0.750. The molecule has 0 aliphatic carbocycles. The highest BCUT2D eigenvalue weighted by Crippen LogP contribution is 2.18. The van der Waals surface area contributed by atoms with Gasteiger partial charge in [0.1, 0.15) is 0 Å². The Bertz CT molecular complexity index is 890. The molecule has 0 spiro atoms. The van der Waals surface area contributed by atoms with E-state index in [4.69, 9.17) is 0 Å². The summed E-state index contributed by atoms with van der Waals surface area (Å²) in [7, 11) is -3.76. The highest BCUT2D eigenvalue weighted by Gasteiger charge is 2.19. The number of rotatable bonds is 5. The van der Waals surface area contributed by atoms with Crippen LogP contribution in [0.2, 0.25) is 0 Å². The van der Waals surface area contributed by atoms with Crippen molar-refractivity contribution in [2.24, 2.45) is 0 Å². The third-order valence-electron chi connectivity index (χ3n) is 4.35. The van der Waals surface area contributed by atoms with Crippen LogP contribution in [0.15, 0.2) is 53.4 Å². The van der Waals surface area contributed by atoms with E-state index < -0.39 is 10.0 Å². The number of aryl methyl sites for hydroxylation is 1. The Kier molecular flexibility index (Phi) is 5.58. The minimum Gasteiger partial charge on any atom is -0.349 e. The Labute approximate surface area is 154 Å². The van der Waals surface area contributed by atoms with Crippen molar-refractivity contribution in [2.75, 3.05) is 17.8 Å². The van der Waals surface area contributed by atoms with Gasteiger partial charge in [0.05, 0.1) is 4.90 Å². The number of sulfonamides is 1. The van der Waals surface area contributed by atoms with Gasteiger partial charge in [-0.05, 0) is 68.8 Å². The monoisotopic (exact) mass is 373 g/mol. The third-order valence-corrected chi connectivity index (χ3v) is 5.73. The molecule has 2 aromatic carbocycles. The fourth-order valence-electron chi connectivity index (χ4n) is 2.96. The lowest BCUT2D eigenvalue weighted by atomic mass is 10.1. The summed E-state index contributed by atoms with van der Waals surface area (Å²) in [5.41, 5.74) is 1.80. The van der Waals surface area contributed by atoms with E-state index in [2.05, 4.69) is 15.4 Å². The van der Waals surface area contributed by atoms with Crippen molar-refractivity contribution in [2.45, 2.75) is 30.7 Å². The SMILES string of the molecule is Cc1cccc(NS(=O)(=O)c2cccc(C(=O)NC3CCNCC3)c2)c1. The Morgan fingerprint density at radius 2 is 1.81 bits per heavy atom. The van der Waals surface area contributed by atoms with Crippen LogP contribution >= 0.6 is 0 Å². The number of nitrogens with one attached hydrogen (secondary N) is 3. The van der Waals surface area contributed by atoms with Crippen LogP contribution < -0.4 is 15.4 Å². The number of hydrogen-bond acceptors (Lipinski definition) is 4. The summed E-state index contributed by atoms with van der Waals surface area (Å²) in [6.45, 7) is 3.64. The van der Waals surface area contributed by atoms with Gasteiger partial charge < -0.3 is 10.6 Å². The van der Waals surface area contributed by atoms with Gasteiger partial charge in [-0.1, -0.05) is 18.2 Å². The van der Waals surface area contributed by atoms with Crippen molar-refractivity contribution >= 4 is 21.6 Å². The van der Waals surface area contributed by atoms with Gasteiger partial charge in [-0.2, -0.15) is 0 Å². The molecule has 0 unspecified atom stereocenters. The Morgan fingerprint density at radius 1 is 1.08 bits per heavy atom. The van der Waals surface area contributed by atoms with Crippen LogP contribution in [0, 0.1) is 6.92 Å². The summed E-state index contributed by atoms with van der Waals surface area (Å²) < 4.78 is 27.8. The van der Waals surface area contributed by atoms with Crippen LogP contribution in [0.25, 0.3) is 0 Å². The molecule has 0 saturated carbocycles. The van der Waals surface area contributed by atoms with Gasteiger partial charge in [-0.25, -0.2) is 8.42 Å². The van der Waals surface area contributed by atoms with Crippen LogP contribution in [0.4, 0.5) is 5.69 Å². The van der Waals surface area contributed by atoms with Crippen molar-refractivity contribution in [3.8, 4) is 0 Å². The average Bonchev–Trinajstić information content (AvgIpc) is 2.62. The predicted octanol–water partition coefficient (Wildman–Crippen LogP) is 2.28. The molecule has 1 aliphatic rings. The smallest absolute Gasteiger partial charge is 0.261 e. The molecule has 26 heavy (non-hydrogen) atoms. The summed E-state index contributed by atoms with van der Waals surface area (Å²) in [5.74, 6) is -0.246. The molecule has 1 saturated heterocycles. The lowest BCUT2D eigenvalue weighted by molar-refractivity contribution is 0.0929. The maximum Gasteiger partial charge on any atom is 0.261 e. The highest BCUT2D eigenvalue weighted by atomic mass is 32.2. The van der Waals surface area contributed by atoms with Gasteiger partial charge in [0.25, 0.3) is 15.9 Å². The molecule has 3 rings (SSSR count). The van der Waals surface area contributed by atoms with Crippen LogP contribution in [0.1, 0.15) is 28.8 Å². The second kappa shape index (κ2) is 7.88. The molecule has 0 aromatic heterocycles. The Hall–Kier alpha value is -2.38. The number of carbonyl (C=O) groups excluding carboxylic acids is 1. The first-order chi connectivity index (χ1) is 12.4. The first-order valence-electron chi connectivity index (χ1n) is 8.65. The molecule has 1 heterocycles. The molecule has 6 nitrogen and oxygen atoms in total. The topological polar surface area (TPSA) is 87.3 Å². The number of anilines is 1. The molecular weight excluding hydrogens is 350 g/mol. The zero-order chi connectivity index (χ0) is 18.6. The van der Waals surface area contributed by atoms with Gasteiger partial charge in [-0.15, -0.1) is 0 Å². The second-order valence-electron chi connectivity index (χ2n) is 6.50. The van der Waals surface area contributed by atoms with Gasteiger partial charge in [0, 0.05) is 17.3 Å². The molecule has 7 heteroatoms. The normalized spacial score (nSPS) is 15.4. The third kappa shape index (κ3) is 4.62. The highest BCUT2D eigenvalue weighted by molar-refractivity contribution is 7.92. The van der Waals surface area contributed by atoms with E-state index in [1.165, 1.54) is 12.1 Å². The van der Waals surface area contributed by atoms with Crippen molar-refractivity contribution < 1.29 is 13.2 Å². The van der Waals surface area contributed by atoms with Crippen LogP contribution in [-0.4, -0.2) is 33.5 Å². The number of piperidine rings is 1. The van der Waals surface area contributed by atoms with Gasteiger partial charge in [-0.3, -0.25) is 9.52 Å². The zero-order valence-corrected chi connectivity index (χ0v) is 15.5. The van der Waals surface area contributed by atoms with E-state index in [-0.39, 0.29) is 16.8 Å². The van der Waals surface area contributed by atoms with Crippen LogP contribution in [0.5, 0.6) is 0 Å². The lowest BCUT2D eigenvalue weighted by Gasteiger charge is -2.23. The van der Waals surface area contributed by atoms with Gasteiger partial charge in [0.15, 0.2) is 0 Å². The van der Waals surface area contributed by atoms with E-state index in [1.54, 1.807) is 30.3 Å². The Balaban J connectivity index is 1.76. The van der Waals surface area contributed by atoms with Crippen molar-refractivity contribution in [3.63, 3.8) is 0 Å². The van der Waals surface area contributed by atoms with Gasteiger partial charge in [0.2, 0.25) is 0 Å². The van der Waals surface area contributed by atoms with Crippen LogP contribution in [-0.2, 0) is 10.0 Å². The second-order valence-corrected chi connectivity index (χ2v) is 8.18. The van der Waals surface area contributed by atoms with E-state index >= 15 is 0 Å². The average molecular weight is 373 g/mol. The fourth-order valence-corrected chi connectivity index (χ4v) is 4.06. The summed E-state index contributed by atoms with van der Waals surface area (Å²) >= 11 is 0. The minimum absolute atomic E-state index is 0.0666. The molecule has 1 amide bonds. The molecule has 0 radical (unpaired) electrons. The van der Waals surface area contributed by atoms with E-state index in [9.17, 15) is 13.2 Å². The van der Waals surface area contributed by atoms with Gasteiger partial charge >= 0.3 is 0 Å². The Morgan fingerprint density at radius 3 is 2.54 bits per heavy atom. The molecule has 3 N–H and O–H groups in total. The predicted molar refractivity (Wildman–Crippen MR) is 102 cm³/mol. The zero-order valence-electron chi connectivity index (χ0n) is 14.7. The largest absolute Gasteiger partial charge is 0.349 e. The number of carbonyl (C=O) groups is 1. The first-order valence-corrected chi connectivity index (χ1v) is 10.1. The maximum absolute atomic E-state index is 12.6. The molecule has 2 aromatic rings.